The normalized spacial score (nSPS) is 38.9. The molecule has 14 heavy (non-hydrogen) atoms. The van der Waals surface area contributed by atoms with Gasteiger partial charge in [-0.3, -0.25) is 4.52 Å². The van der Waals surface area contributed by atoms with E-state index in [9.17, 15) is 4.57 Å². The maximum Gasteiger partial charge on any atom is 0.472 e. The highest BCUT2D eigenvalue weighted by atomic mass is 31.2. The Morgan fingerprint density at radius 3 is 2.21 bits per heavy atom. The van der Waals surface area contributed by atoms with Crippen LogP contribution in [0.15, 0.2) is 0 Å². The summed E-state index contributed by atoms with van der Waals surface area (Å²) < 4.78 is 19.1. The van der Waals surface area contributed by atoms with Crippen molar-refractivity contribution in [2.24, 2.45) is 0 Å². The maximum absolute atomic E-state index is 10.4. The molecule has 1 aliphatic heterocycles. The first kappa shape index (κ1) is 12.0. The minimum atomic E-state index is -4.79. The first-order valence-electron chi connectivity index (χ1n) is 3.71. The zero-order valence-electron chi connectivity index (χ0n) is 6.92. The molecule has 1 saturated heterocycles. The fourth-order valence-corrected chi connectivity index (χ4v) is 1.53. The van der Waals surface area contributed by atoms with E-state index in [1.165, 1.54) is 0 Å². The van der Waals surface area contributed by atoms with Crippen LogP contribution < -0.4 is 0 Å². The Morgan fingerprint density at radius 1 is 1.29 bits per heavy atom. The molecule has 1 rings (SSSR count). The summed E-state index contributed by atoms with van der Waals surface area (Å²) in [5, 5.41) is 26.9. The van der Waals surface area contributed by atoms with Gasteiger partial charge in [-0.15, -0.1) is 0 Å². The van der Waals surface area contributed by atoms with Crippen molar-refractivity contribution in [3.8, 4) is 0 Å². The Bertz CT molecular complexity index is 238. The van der Waals surface area contributed by atoms with Crippen LogP contribution in [-0.2, 0) is 13.8 Å². The molecule has 0 saturated carbocycles. The SMILES string of the molecule is O=P(O)(O)O[C@@H]1O[C@H](CO)C(O)[C@@H]1O. The van der Waals surface area contributed by atoms with Crippen LogP contribution in [0.5, 0.6) is 0 Å². The molecule has 5 N–H and O–H groups in total. The number of phosphoric acid groups is 1. The van der Waals surface area contributed by atoms with E-state index in [1.54, 1.807) is 0 Å². The third kappa shape index (κ3) is 2.72. The fraction of sp³-hybridized carbons (Fsp3) is 1.00. The summed E-state index contributed by atoms with van der Waals surface area (Å²) in [7, 11) is -4.79. The van der Waals surface area contributed by atoms with E-state index in [-0.39, 0.29) is 0 Å². The third-order valence-corrected chi connectivity index (χ3v) is 2.22. The van der Waals surface area contributed by atoms with Gasteiger partial charge in [0.1, 0.15) is 18.3 Å². The van der Waals surface area contributed by atoms with Crippen LogP contribution in [0.4, 0.5) is 0 Å². The number of hydrogen-bond donors (Lipinski definition) is 5. The molecule has 1 fully saturated rings. The van der Waals surface area contributed by atoms with E-state index >= 15 is 0 Å². The summed E-state index contributed by atoms with van der Waals surface area (Å²) in [6.07, 6.45) is -5.78. The molecule has 84 valence electrons. The van der Waals surface area contributed by atoms with E-state index in [1.807, 2.05) is 0 Å². The second kappa shape index (κ2) is 4.21. The highest BCUT2D eigenvalue weighted by Crippen LogP contribution is 2.40. The summed E-state index contributed by atoms with van der Waals surface area (Å²) in [5.41, 5.74) is 0. The molecule has 0 radical (unpaired) electrons. The molecule has 9 heteroatoms. The van der Waals surface area contributed by atoms with Gasteiger partial charge in [-0.1, -0.05) is 0 Å². The number of aliphatic hydroxyl groups is 3. The lowest BCUT2D eigenvalue weighted by Crippen LogP contribution is -2.34. The van der Waals surface area contributed by atoms with Gasteiger partial charge in [-0.05, 0) is 0 Å². The van der Waals surface area contributed by atoms with Crippen molar-refractivity contribution in [3.63, 3.8) is 0 Å². The maximum atomic E-state index is 10.4. The summed E-state index contributed by atoms with van der Waals surface area (Å²) in [5.74, 6) is 0. The van der Waals surface area contributed by atoms with E-state index in [4.69, 9.17) is 25.1 Å². The molecular formula is C5H11O8P. The fourth-order valence-electron chi connectivity index (χ4n) is 1.09. The van der Waals surface area contributed by atoms with Crippen molar-refractivity contribution >= 4 is 7.82 Å². The number of hydrogen-bond acceptors (Lipinski definition) is 6. The van der Waals surface area contributed by atoms with Crippen LogP contribution in [0.1, 0.15) is 0 Å². The van der Waals surface area contributed by atoms with Crippen molar-refractivity contribution in [2.45, 2.75) is 24.6 Å². The summed E-state index contributed by atoms with van der Waals surface area (Å²) in [4.78, 5) is 16.8. The third-order valence-electron chi connectivity index (χ3n) is 1.74. The second-order valence-corrected chi connectivity index (χ2v) is 3.99. The average molecular weight is 230 g/mol. The molecule has 4 atom stereocenters. The van der Waals surface area contributed by atoms with Crippen LogP contribution in [0, 0.1) is 0 Å². The van der Waals surface area contributed by atoms with Gasteiger partial charge >= 0.3 is 7.82 Å². The minimum Gasteiger partial charge on any atom is -0.394 e. The van der Waals surface area contributed by atoms with Crippen molar-refractivity contribution in [2.75, 3.05) is 6.61 Å². The predicted octanol–water partition coefficient (Wildman–Crippen LogP) is -2.47. The molecule has 8 nitrogen and oxygen atoms in total. The minimum absolute atomic E-state index is 0.584. The van der Waals surface area contributed by atoms with Gasteiger partial charge in [0.25, 0.3) is 0 Å². The highest BCUT2D eigenvalue weighted by molar-refractivity contribution is 7.46. The molecule has 0 spiro atoms. The van der Waals surface area contributed by atoms with Crippen LogP contribution in [0.2, 0.25) is 0 Å². The first-order chi connectivity index (χ1) is 6.35. The van der Waals surface area contributed by atoms with Gasteiger partial charge in [-0.2, -0.15) is 0 Å². The van der Waals surface area contributed by atoms with Crippen molar-refractivity contribution in [3.05, 3.63) is 0 Å². The molecule has 0 amide bonds. The molecule has 0 aromatic rings. The highest BCUT2D eigenvalue weighted by Gasteiger charge is 2.45. The lowest BCUT2D eigenvalue weighted by atomic mass is 10.1. The summed E-state index contributed by atoms with van der Waals surface area (Å²) in [6.45, 7) is -0.584. The van der Waals surface area contributed by atoms with Gasteiger partial charge in [0.05, 0.1) is 6.61 Å². The molecular weight excluding hydrogens is 219 g/mol. The summed E-state index contributed by atoms with van der Waals surface area (Å²) >= 11 is 0. The predicted molar refractivity (Wildman–Crippen MR) is 40.9 cm³/mol. The number of aliphatic hydroxyl groups excluding tert-OH is 3. The van der Waals surface area contributed by atoms with Crippen molar-refractivity contribution in [1.29, 1.82) is 0 Å². The van der Waals surface area contributed by atoms with Gasteiger partial charge in [0.15, 0.2) is 6.29 Å². The Kier molecular flexibility index (Phi) is 3.62. The molecule has 1 unspecified atom stereocenters. The number of ether oxygens (including phenoxy) is 1. The molecule has 1 aliphatic rings. The second-order valence-electron chi connectivity index (χ2n) is 2.80. The van der Waals surface area contributed by atoms with Crippen LogP contribution in [0.3, 0.4) is 0 Å². The van der Waals surface area contributed by atoms with E-state index in [0.29, 0.717) is 0 Å². The lowest BCUT2D eigenvalue weighted by Gasteiger charge is -2.15. The molecule has 1 heterocycles. The Morgan fingerprint density at radius 2 is 1.86 bits per heavy atom. The van der Waals surface area contributed by atoms with Crippen LogP contribution in [0.25, 0.3) is 0 Å². The van der Waals surface area contributed by atoms with Gasteiger partial charge in [-0.25, -0.2) is 4.57 Å². The molecule has 0 bridgehead atoms. The van der Waals surface area contributed by atoms with Crippen LogP contribution >= 0.6 is 7.82 Å². The molecule has 0 aliphatic carbocycles. The Labute approximate surface area is 78.9 Å². The smallest absolute Gasteiger partial charge is 0.394 e. The quantitative estimate of drug-likeness (QED) is 0.336. The lowest BCUT2D eigenvalue weighted by molar-refractivity contribution is -0.126. The van der Waals surface area contributed by atoms with Gasteiger partial charge in [0, 0.05) is 0 Å². The van der Waals surface area contributed by atoms with Gasteiger partial charge in [0.2, 0.25) is 0 Å². The van der Waals surface area contributed by atoms with Crippen molar-refractivity contribution in [1.82, 2.24) is 0 Å². The zero-order chi connectivity index (χ0) is 10.9. The zero-order valence-corrected chi connectivity index (χ0v) is 7.82. The van der Waals surface area contributed by atoms with E-state index < -0.39 is 39.0 Å². The van der Waals surface area contributed by atoms with Gasteiger partial charge < -0.3 is 29.8 Å². The standard InChI is InChI=1S/C5H11O8P/c6-1-2-3(7)4(8)5(12-2)13-14(9,10)11/h2-8H,1H2,(H2,9,10,11)/t2-,3?,4+,5+/m1/s1. The molecule has 0 aromatic carbocycles. The van der Waals surface area contributed by atoms with E-state index in [2.05, 4.69) is 9.26 Å². The monoisotopic (exact) mass is 230 g/mol. The number of phosphoric ester groups is 1. The largest absolute Gasteiger partial charge is 0.472 e. The Hall–Kier alpha value is -0.0500. The average Bonchev–Trinajstić information content (AvgIpc) is 2.30. The summed E-state index contributed by atoms with van der Waals surface area (Å²) in [6, 6.07) is 0. The van der Waals surface area contributed by atoms with E-state index in [0.717, 1.165) is 0 Å². The van der Waals surface area contributed by atoms with Crippen molar-refractivity contribution < 1.29 is 38.9 Å². The first-order valence-corrected chi connectivity index (χ1v) is 5.24. The van der Waals surface area contributed by atoms with Crippen LogP contribution in [-0.4, -0.2) is 56.3 Å². The Balaban J connectivity index is 2.61. The number of rotatable bonds is 3. The topological polar surface area (TPSA) is 137 Å². The molecule has 0 aromatic heterocycles.